The van der Waals surface area contributed by atoms with Gasteiger partial charge in [0.2, 0.25) is 0 Å². The molecule has 1 aromatic heterocycles. The van der Waals surface area contributed by atoms with Gasteiger partial charge in [-0.3, -0.25) is 9.98 Å². The Labute approximate surface area is 120 Å². The van der Waals surface area contributed by atoms with Gasteiger partial charge in [0.25, 0.3) is 0 Å². The number of hydrogen-bond donors (Lipinski definition) is 3. The van der Waals surface area contributed by atoms with Gasteiger partial charge in [0.05, 0.1) is 12.3 Å². The third-order valence-corrected chi connectivity index (χ3v) is 3.03. The van der Waals surface area contributed by atoms with Crippen molar-refractivity contribution in [2.45, 2.75) is 13.5 Å². The SMILES string of the molecule is Cc1ncc(CO)c(C=Nc2cc(Cl)ccc2O)c1O. The highest BCUT2D eigenvalue weighted by molar-refractivity contribution is 6.30. The standard InChI is InChI=1S/C14H13ClN2O3/c1-8-14(20)11(9(7-18)5-16-8)6-17-12-4-10(15)2-3-13(12)19/h2-6,18-20H,7H2,1H3. The largest absolute Gasteiger partial charge is 0.506 e. The molecule has 1 aromatic carbocycles. The Morgan fingerprint density at radius 1 is 1.35 bits per heavy atom. The highest BCUT2D eigenvalue weighted by Crippen LogP contribution is 2.30. The fourth-order valence-electron chi connectivity index (χ4n) is 1.66. The number of benzene rings is 1. The van der Waals surface area contributed by atoms with E-state index in [1.165, 1.54) is 24.5 Å². The number of nitrogens with zero attached hydrogens (tertiary/aromatic N) is 2. The zero-order valence-corrected chi connectivity index (χ0v) is 11.5. The molecule has 0 amide bonds. The first-order valence-corrected chi connectivity index (χ1v) is 6.21. The third kappa shape index (κ3) is 2.89. The van der Waals surface area contributed by atoms with E-state index in [4.69, 9.17) is 11.6 Å². The number of hydrogen-bond acceptors (Lipinski definition) is 5. The van der Waals surface area contributed by atoms with Gasteiger partial charge in [-0.1, -0.05) is 11.6 Å². The summed E-state index contributed by atoms with van der Waals surface area (Å²) in [6, 6.07) is 4.47. The Kier molecular flexibility index (Phi) is 4.22. The molecule has 0 atom stereocenters. The summed E-state index contributed by atoms with van der Waals surface area (Å²) in [7, 11) is 0. The number of aromatic hydroxyl groups is 2. The lowest BCUT2D eigenvalue weighted by molar-refractivity contribution is 0.280. The Bertz CT molecular complexity index is 672. The first-order chi connectivity index (χ1) is 9.52. The molecule has 0 radical (unpaired) electrons. The van der Waals surface area contributed by atoms with Crippen LogP contribution < -0.4 is 0 Å². The van der Waals surface area contributed by atoms with Crippen LogP contribution in [0.5, 0.6) is 11.5 Å². The Hall–Kier alpha value is -2.11. The number of phenolic OH excluding ortho intramolecular Hbond substituents is 1. The molecule has 0 saturated carbocycles. The van der Waals surface area contributed by atoms with Crippen LogP contribution in [0.3, 0.4) is 0 Å². The molecule has 104 valence electrons. The summed E-state index contributed by atoms with van der Waals surface area (Å²) in [5.74, 6) is -0.0803. The van der Waals surface area contributed by atoms with Crippen molar-refractivity contribution in [1.29, 1.82) is 0 Å². The maximum absolute atomic E-state index is 9.96. The molecule has 0 aliphatic rings. The number of phenols is 1. The first-order valence-electron chi connectivity index (χ1n) is 5.83. The molecule has 0 aliphatic carbocycles. The summed E-state index contributed by atoms with van der Waals surface area (Å²) in [5, 5.41) is 29.3. The van der Waals surface area contributed by atoms with Gasteiger partial charge >= 0.3 is 0 Å². The zero-order chi connectivity index (χ0) is 14.7. The van der Waals surface area contributed by atoms with E-state index in [1.54, 1.807) is 13.0 Å². The molecule has 0 saturated heterocycles. The highest BCUT2D eigenvalue weighted by atomic mass is 35.5. The van der Waals surface area contributed by atoms with E-state index in [0.717, 1.165) is 0 Å². The van der Waals surface area contributed by atoms with Gasteiger partial charge in [0.15, 0.2) is 0 Å². The van der Waals surface area contributed by atoms with Crippen LogP contribution in [0.15, 0.2) is 29.4 Å². The minimum absolute atomic E-state index is 0.0264. The molecule has 6 heteroatoms. The average molecular weight is 293 g/mol. The van der Waals surface area contributed by atoms with Crippen molar-refractivity contribution in [3.8, 4) is 11.5 Å². The molecule has 2 rings (SSSR count). The monoisotopic (exact) mass is 292 g/mol. The summed E-state index contributed by atoms with van der Waals surface area (Å²) in [6.45, 7) is 1.37. The van der Waals surface area contributed by atoms with Crippen LogP contribution in [-0.4, -0.2) is 26.5 Å². The van der Waals surface area contributed by atoms with Crippen LogP contribution in [0, 0.1) is 6.92 Å². The van der Waals surface area contributed by atoms with Gasteiger partial charge in [0.1, 0.15) is 17.2 Å². The lowest BCUT2D eigenvalue weighted by Crippen LogP contribution is -1.97. The predicted molar refractivity (Wildman–Crippen MR) is 76.9 cm³/mol. The van der Waals surface area contributed by atoms with Gasteiger partial charge in [-0.05, 0) is 25.1 Å². The molecule has 5 nitrogen and oxygen atoms in total. The molecule has 3 N–H and O–H groups in total. The molecular weight excluding hydrogens is 280 g/mol. The fraction of sp³-hybridized carbons (Fsp3) is 0.143. The van der Waals surface area contributed by atoms with Crippen LogP contribution in [0.25, 0.3) is 0 Å². The molecule has 2 aromatic rings. The predicted octanol–water partition coefficient (Wildman–Crippen LogP) is 2.70. The van der Waals surface area contributed by atoms with E-state index in [-0.39, 0.29) is 23.8 Å². The third-order valence-electron chi connectivity index (χ3n) is 2.80. The molecule has 0 bridgehead atoms. The minimum Gasteiger partial charge on any atom is -0.506 e. The van der Waals surface area contributed by atoms with Crippen LogP contribution in [0.1, 0.15) is 16.8 Å². The molecule has 1 heterocycles. The van der Waals surface area contributed by atoms with Crippen molar-refractivity contribution < 1.29 is 15.3 Å². The molecule has 0 aliphatic heterocycles. The van der Waals surface area contributed by atoms with E-state index in [1.807, 2.05) is 0 Å². The Morgan fingerprint density at radius 2 is 2.10 bits per heavy atom. The highest BCUT2D eigenvalue weighted by Gasteiger charge is 2.09. The van der Waals surface area contributed by atoms with E-state index in [2.05, 4.69) is 9.98 Å². The Morgan fingerprint density at radius 3 is 2.80 bits per heavy atom. The number of aliphatic hydroxyl groups is 1. The maximum atomic E-state index is 9.96. The van der Waals surface area contributed by atoms with Crippen LogP contribution in [-0.2, 0) is 6.61 Å². The normalized spacial score (nSPS) is 11.2. The van der Waals surface area contributed by atoms with E-state index >= 15 is 0 Å². The van der Waals surface area contributed by atoms with Gasteiger partial charge in [-0.2, -0.15) is 0 Å². The summed E-state index contributed by atoms with van der Waals surface area (Å²) in [5.41, 5.74) is 1.51. The molecule has 0 unspecified atom stereocenters. The second-order valence-electron chi connectivity index (χ2n) is 4.18. The summed E-state index contributed by atoms with van der Waals surface area (Å²) < 4.78 is 0. The van der Waals surface area contributed by atoms with Crippen LogP contribution >= 0.6 is 11.6 Å². The molecule has 20 heavy (non-hydrogen) atoms. The van der Waals surface area contributed by atoms with Gasteiger partial charge in [-0.15, -0.1) is 0 Å². The van der Waals surface area contributed by atoms with Crippen LogP contribution in [0.2, 0.25) is 5.02 Å². The number of aliphatic imine (C=N–C) groups is 1. The van der Waals surface area contributed by atoms with E-state index in [0.29, 0.717) is 21.8 Å². The second kappa shape index (κ2) is 5.90. The van der Waals surface area contributed by atoms with Crippen molar-refractivity contribution in [2.24, 2.45) is 4.99 Å². The fourth-order valence-corrected chi connectivity index (χ4v) is 1.82. The van der Waals surface area contributed by atoms with Gasteiger partial charge < -0.3 is 15.3 Å². The zero-order valence-electron chi connectivity index (χ0n) is 10.7. The van der Waals surface area contributed by atoms with Crippen molar-refractivity contribution in [3.63, 3.8) is 0 Å². The number of rotatable bonds is 3. The van der Waals surface area contributed by atoms with Gasteiger partial charge in [-0.25, -0.2) is 0 Å². The molecular formula is C14H13ClN2O3. The van der Waals surface area contributed by atoms with Crippen molar-refractivity contribution in [1.82, 2.24) is 4.98 Å². The van der Waals surface area contributed by atoms with Crippen molar-refractivity contribution in [2.75, 3.05) is 0 Å². The Balaban J connectivity index is 2.46. The molecule has 0 fully saturated rings. The second-order valence-corrected chi connectivity index (χ2v) is 4.62. The summed E-state index contributed by atoms with van der Waals surface area (Å²) in [4.78, 5) is 8.04. The quantitative estimate of drug-likeness (QED) is 0.759. The number of aryl methyl sites for hydroxylation is 1. The number of halogens is 1. The van der Waals surface area contributed by atoms with Crippen molar-refractivity contribution >= 4 is 23.5 Å². The van der Waals surface area contributed by atoms with E-state index < -0.39 is 0 Å². The van der Waals surface area contributed by atoms with Crippen molar-refractivity contribution in [3.05, 3.63) is 46.2 Å². The average Bonchev–Trinajstić information content (AvgIpc) is 2.44. The van der Waals surface area contributed by atoms with Gasteiger partial charge in [0, 0.05) is 28.6 Å². The number of pyridine rings is 1. The van der Waals surface area contributed by atoms with Crippen LogP contribution in [0.4, 0.5) is 5.69 Å². The number of aliphatic hydroxyl groups excluding tert-OH is 1. The smallest absolute Gasteiger partial charge is 0.145 e. The summed E-state index contributed by atoms with van der Waals surface area (Å²) in [6.07, 6.45) is 2.83. The first kappa shape index (κ1) is 14.3. The topological polar surface area (TPSA) is 85.9 Å². The minimum atomic E-state index is -0.274. The van der Waals surface area contributed by atoms with E-state index in [9.17, 15) is 15.3 Å². The summed E-state index contributed by atoms with van der Waals surface area (Å²) >= 11 is 5.83. The number of aromatic nitrogens is 1. The maximum Gasteiger partial charge on any atom is 0.145 e. The lowest BCUT2D eigenvalue weighted by atomic mass is 10.1. The molecule has 0 spiro atoms. The lowest BCUT2D eigenvalue weighted by Gasteiger charge is -2.07.